The van der Waals surface area contributed by atoms with Crippen molar-refractivity contribution in [2.24, 2.45) is 0 Å². The van der Waals surface area contributed by atoms with E-state index in [4.69, 9.17) is 18.5 Å². The number of hydrogen-bond donors (Lipinski definition) is 1. The van der Waals surface area contributed by atoms with E-state index in [2.05, 4.69) is 38.2 Å². The maximum atomic E-state index is 12.7. The molecule has 0 aromatic rings. The van der Waals surface area contributed by atoms with Gasteiger partial charge in [-0.2, -0.15) is 0 Å². The number of unbranched alkanes of at least 4 members (excludes halogenated alkanes) is 29. The highest BCUT2D eigenvalue weighted by Gasteiger charge is 2.26. The first kappa shape index (κ1) is 58.0. The fourth-order valence-electron chi connectivity index (χ4n) is 7.11. The molecule has 0 saturated carbocycles. The van der Waals surface area contributed by atoms with E-state index in [0.29, 0.717) is 24.1 Å². The zero-order valence-electron chi connectivity index (χ0n) is 39.8. The van der Waals surface area contributed by atoms with Gasteiger partial charge in [-0.05, 0) is 44.9 Å². The molecule has 0 aliphatic carbocycles. The molecule has 0 aliphatic rings. The summed E-state index contributed by atoms with van der Waals surface area (Å²) in [6.07, 6.45) is 50.7. The molecule has 0 rings (SSSR count). The molecule has 1 N–H and O–H groups in total. The summed E-state index contributed by atoms with van der Waals surface area (Å²) < 4.78 is 35.1. The van der Waals surface area contributed by atoms with Crippen molar-refractivity contribution in [2.75, 3.05) is 54.1 Å². The van der Waals surface area contributed by atoms with Gasteiger partial charge in [0.2, 0.25) is 0 Å². The molecular weight excluding hydrogens is 758 g/mol. The molecule has 8 nitrogen and oxygen atoms in total. The Hall–Kier alpha value is -1.02. The quantitative estimate of drug-likeness (QED) is 0.0214. The van der Waals surface area contributed by atoms with Crippen LogP contribution in [0.4, 0.5) is 0 Å². The minimum atomic E-state index is -4.27. The maximum absolute atomic E-state index is 12.7. The van der Waals surface area contributed by atoms with Crippen LogP contribution in [0.15, 0.2) is 24.3 Å². The summed E-state index contributed by atoms with van der Waals surface area (Å²) in [5.41, 5.74) is 0. The lowest BCUT2D eigenvalue weighted by Gasteiger charge is -2.24. The molecule has 0 aromatic carbocycles. The lowest BCUT2D eigenvalue weighted by molar-refractivity contribution is -0.870. The number of esters is 1. The van der Waals surface area contributed by atoms with Gasteiger partial charge < -0.3 is 18.9 Å². The summed E-state index contributed by atoms with van der Waals surface area (Å²) in [7, 11) is 1.68. The fourth-order valence-corrected chi connectivity index (χ4v) is 7.86. The third-order valence-corrected chi connectivity index (χ3v) is 12.0. The molecule has 0 spiro atoms. The zero-order chi connectivity index (χ0) is 43.4. The monoisotopic (exact) mass is 857 g/mol. The third kappa shape index (κ3) is 47.9. The van der Waals surface area contributed by atoms with Crippen LogP contribution in [-0.2, 0) is 27.9 Å². The van der Waals surface area contributed by atoms with E-state index in [1.807, 2.05) is 21.1 Å². The van der Waals surface area contributed by atoms with E-state index in [1.165, 1.54) is 173 Å². The first-order chi connectivity index (χ1) is 28.6. The van der Waals surface area contributed by atoms with Crippen LogP contribution in [0.1, 0.15) is 232 Å². The zero-order valence-corrected chi connectivity index (χ0v) is 40.6. The molecule has 0 saturated heterocycles. The van der Waals surface area contributed by atoms with Gasteiger partial charge in [-0.25, -0.2) is 4.57 Å². The van der Waals surface area contributed by atoms with Crippen LogP contribution in [0.2, 0.25) is 0 Å². The second-order valence-corrected chi connectivity index (χ2v) is 19.7. The van der Waals surface area contributed by atoms with Crippen molar-refractivity contribution in [3.8, 4) is 0 Å². The summed E-state index contributed by atoms with van der Waals surface area (Å²) in [6, 6.07) is 0. The van der Waals surface area contributed by atoms with Crippen LogP contribution in [0.5, 0.6) is 0 Å². The highest BCUT2D eigenvalue weighted by atomic mass is 31.2. The first-order valence-electron chi connectivity index (χ1n) is 25.1. The number of carbonyl (C=O) groups is 1. The van der Waals surface area contributed by atoms with Gasteiger partial charge in [0.05, 0.1) is 34.4 Å². The normalized spacial score (nSPS) is 13.8. The molecule has 9 heteroatoms. The number of hydrogen-bond acceptors (Lipinski definition) is 6. The number of phosphoric acid groups is 1. The fraction of sp³-hybridized carbons (Fsp3) is 0.900. The molecule has 2 unspecified atom stereocenters. The molecule has 0 radical (unpaired) electrons. The van der Waals surface area contributed by atoms with Gasteiger partial charge in [0, 0.05) is 13.0 Å². The Bertz CT molecular complexity index is 998. The minimum Gasteiger partial charge on any atom is -0.457 e. The second kappa shape index (κ2) is 43.6. The van der Waals surface area contributed by atoms with Crippen LogP contribution in [0, 0.1) is 0 Å². The summed E-state index contributed by atoms with van der Waals surface area (Å²) in [5, 5.41) is 0. The number of likely N-dealkylation sites (N-methyl/N-ethyl adjacent to an activating group) is 1. The van der Waals surface area contributed by atoms with Crippen molar-refractivity contribution >= 4 is 13.8 Å². The Morgan fingerprint density at radius 1 is 0.525 bits per heavy atom. The van der Waals surface area contributed by atoms with Gasteiger partial charge in [-0.15, -0.1) is 0 Å². The third-order valence-electron chi connectivity index (χ3n) is 11.0. The average molecular weight is 857 g/mol. The number of phosphoric ester groups is 1. The van der Waals surface area contributed by atoms with Crippen LogP contribution < -0.4 is 0 Å². The molecule has 0 heterocycles. The van der Waals surface area contributed by atoms with Crippen molar-refractivity contribution < 1.29 is 37.3 Å². The standard InChI is InChI=1S/C50H98NO7P/c1-6-8-10-12-14-16-18-20-22-23-24-25-26-27-28-29-30-31-33-35-37-39-41-43-50(52)58-49(48-57-59(53,54)56-46-44-51(3,4)5)47-55-45-42-40-38-36-34-32-21-19-17-15-13-11-9-7-2/h18,20,23-24,49H,6-17,19,21-22,25-48H2,1-5H3/p+1/b20-18-,24-23-. The molecular formula is C50H99NO7P+. The maximum Gasteiger partial charge on any atom is 0.472 e. The number of nitrogens with zero attached hydrogens (tertiary/aromatic N) is 1. The van der Waals surface area contributed by atoms with Gasteiger partial charge in [-0.3, -0.25) is 13.8 Å². The van der Waals surface area contributed by atoms with E-state index >= 15 is 0 Å². The highest BCUT2D eigenvalue weighted by molar-refractivity contribution is 7.47. The molecule has 0 aliphatic heterocycles. The number of rotatable bonds is 47. The van der Waals surface area contributed by atoms with Crippen LogP contribution in [0.25, 0.3) is 0 Å². The lowest BCUT2D eigenvalue weighted by Crippen LogP contribution is -2.37. The predicted octanol–water partition coefficient (Wildman–Crippen LogP) is 15.2. The summed E-state index contributed by atoms with van der Waals surface area (Å²) in [4.78, 5) is 23.0. The molecule has 0 fully saturated rings. The molecule has 0 aromatic heterocycles. The Balaban J connectivity index is 4.10. The Morgan fingerprint density at radius 3 is 1.37 bits per heavy atom. The van der Waals surface area contributed by atoms with Gasteiger partial charge in [0.1, 0.15) is 19.3 Å². The largest absolute Gasteiger partial charge is 0.472 e. The van der Waals surface area contributed by atoms with Crippen molar-refractivity contribution in [3.05, 3.63) is 24.3 Å². The van der Waals surface area contributed by atoms with E-state index < -0.39 is 13.9 Å². The van der Waals surface area contributed by atoms with Crippen molar-refractivity contribution in [1.82, 2.24) is 0 Å². The van der Waals surface area contributed by atoms with Gasteiger partial charge in [-0.1, -0.05) is 205 Å². The lowest BCUT2D eigenvalue weighted by atomic mass is 10.0. The number of carbonyl (C=O) groups excluding carboxylic acids is 1. The van der Waals surface area contributed by atoms with E-state index in [-0.39, 0.29) is 25.8 Å². The van der Waals surface area contributed by atoms with E-state index in [9.17, 15) is 14.3 Å². The van der Waals surface area contributed by atoms with Crippen LogP contribution in [0.3, 0.4) is 0 Å². The summed E-state index contributed by atoms with van der Waals surface area (Å²) in [5.74, 6) is -0.312. The topological polar surface area (TPSA) is 91.3 Å². The van der Waals surface area contributed by atoms with Crippen LogP contribution in [-0.4, -0.2) is 75.6 Å². The molecule has 350 valence electrons. The van der Waals surface area contributed by atoms with E-state index in [0.717, 1.165) is 38.5 Å². The number of quaternary nitrogens is 1. The minimum absolute atomic E-state index is 0.0906. The van der Waals surface area contributed by atoms with E-state index in [1.54, 1.807) is 0 Å². The molecule has 2 atom stereocenters. The number of ether oxygens (including phenoxy) is 2. The Labute approximate surface area is 366 Å². The molecule has 0 amide bonds. The second-order valence-electron chi connectivity index (χ2n) is 18.2. The molecule has 0 bridgehead atoms. The Kier molecular flexibility index (Phi) is 42.9. The van der Waals surface area contributed by atoms with Gasteiger partial charge in [0.25, 0.3) is 0 Å². The molecule has 59 heavy (non-hydrogen) atoms. The van der Waals surface area contributed by atoms with Crippen molar-refractivity contribution in [1.29, 1.82) is 0 Å². The number of allylic oxidation sites excluding steroid dienone is 4. The average Bonchev–Trinajstić information content (AvgIpc) is 3.19. The SMILES string of the molecule is CCCCCCC/C=C\C/C=C\CCCCCCCCCCCCCC(=O)OC(COCCCCCCCCCCCCCCCC)COP(=O)(O)OCC[N+](C)(C)C. The van der Waals surface area contributed by atoms with Gasteiger partial charge in [0.15, 0.2) is 0 Å². The first-order valence-corrected chi connectivity index (χ1v) is 26.6. The Morgan fingerprint density at radius 2 is 0.932 bits per heavy atom. The van der Waals surface area contributed by atoms with Crippen LogP contribution >= 0.6 is 7.82 Å². The van der Waals surface area contributed by atoms with Gasteiger partial charge >= 0.3 is 13.8 Å². The predicted molar refractivity (Wildman–Crippen MR) is 252 cm³/mol. The smallest absolute Gasteiger partial charge is 0.457 e. The van der Waals surface area contributed by atoms with Crippen molar-refractivity contribution in [3.63, 3.8) is 0 Å². The highest BCUT2D eigenvalue weighted by Crippen LogP contribution is 2.43. The summed E-state index contributed by atoms with van der Waals surface area (Å²) >= 11 is 0. The van der Waals surface area contributed by atoms with Crippen molar-refractivity contribution in [2.45, 2.75) is 238 Å². The summed E-state index contributed by atoms with van der Waals surface area (Å²) in [6.45, 7) is 5.66.